The molecule has 0 radical (unpaired) electrons. The molecule has 98 valence electrons. The van der Waals surface area contributed by atoms with Crippen LogP contribution in [0.1, 0.15) is 0 Å². The normalized spacial score (nSPS) is 11.7. The Bertz CT molecular complexity index is 785. The molecule has 0 aliphatic heterocycles. The Labute approximate surface area is 110 Å². The van der Waals surface area contributed by atoms with Crippen LogP contribution in [-0.2, 0) is 6.54 Å². The summed E-state index contributed by atoms with van der Waals surface area (Å²) in [7, 11) is 3.96. The molecule has 19 heavy (non-hydrogen) atoms. The van der Waals surface area contributed by atoms with Gasteiger partial charge in [0.2, 0.25) is 0 Å². The SMILES string of the molecule is CN(C)CCn1ncc2c([nH]c3ccccc32)c1=O. The number of hydrogen-bond donors (Lipinski definition) is 1. The maximum absolute atomic E-state index is 12.4. The summed E-state index contributed by atoms with van der Waals surface area (Å²) in [5.74, 6) is 0. The zero-order valence-corrected chi connectivity index (χ0v) is 11.1. The fraction of sp³-hybridized carbons (Fsp3) is 0.286. The van der Waals surface area contributed by atoms with E-state index >= 15 is 0 Å². The molecule has 0 saturated carbocycles. The lowest BCUT2D eigenvalue weighted by atomic mass is 10.2. The van der Waals surface area contributed by atoms with E-state index in [1.165, 1.54) is 4.68 Å². The summed E-state index contributed by atoms with van der Waals surface area (Å²) in [6.45, 7) is 1.38. The van der Waals surface area contributed by atoms with Gasteiger partial charge in [0.1, 0.15) is 5.52 Å². The molecule has 5 heteroatoms. The lowest BCUT2D eigenvalue weighted by molar-refractivity contribution is 0.368. The van der Waals surface area contributed by atoms with E-state index in [2.05, 4.69) is 10.1 Å². The van der Waals surface area contributed by atoms with Gasteiger partial charge in [-0.3, -0.25) is 4.79 Å². The number of benzene rings is 1. The van der Waals surface area contributed by atoms with Crippen molar-refractivity contribution in [3.63, 3.8) is 0 Å². The molecule has 0 unspecified atom stereocenters. The fourth-order valence-corrected chi connectivity index (χ4v) is 2.23. The third-order valence-electron chi connectivity index (χ3n) is 3.28. The molecule has 1 N–H and O–H groups in total. The highest BCUT2D eigenvalue weighted by Crippen LogP contribution is 2.21. The van der Waals surface area contributed by atoms with Crippen molar-refractivity contribution in [3.05, 3.63) is 40.8 Å². The first-order valence-corrected chi connectivity index (χ1v) is 6.28. The molecule has 0 fully saturated rings. The van der Waals surface area contributed by atoms with Gasteiger partial charge in [0.15, 0.2) is 0 Å². The summed E-state index contributed by atoms with van der Waals surface area (Å²) in [5.41, 5.74) is 1.55. The number of H-pyrrole nitrogens is 1. The first-order valence-electron chi connectivity index (χ1n) is 6.28. The Morgan fingerprint density at radius 3 is 2.84 bits per heavy atom. The van der Waals surface area contributed by atoms with Crippen molar-refractivity contribution in [2.75, 3.05) is 20.6 Å². The number of rotatable bonds is 3. The van der Waals surface area contributed by atoms with Crippen molar-refractivity contribution >= 4 is 21.8 Å². The monoisotopic (exact) mass is 256 g/mol. The molecular formula is C14H16N4O. The molecule has 0 aliphatic carbocycles. The van der Waals surface area contributed by atoms with Crippen LogP contribution in [0, 0.1) is 0 Å². The number of hydrogen-bond acceptors (Lipinski definition) is 3. The summed E-state index contributed by atoms with van der Waals surface area (Å²) in [5, 5.41) is 6.19. The second-order valence-electron chi connectivity index (χ2n) is 4.94. The van der Waals surface area contributed by atoms with Crippen molar-refractivity contribution in [1.29, 1.82) is 0 Å². The van der Waals surface area contributed by atoms with Crippen LogP contribution in [0.25, 0.3) is 21.8 Å². The van der Waals surface area contributed by atoms with Crippen LogP contribution in [0.15, 0.2) is 35.3 Å². The highest BCUT2D eigenvalue weighted by molar-refractivity contribution is 6.06. The predicted octanol–water partition coefficient (Wildman–Crippen LogP) is 1.44. The van der Waals surface area contributed by atoms with Gasteiger partial charge in [0.05, 0.1) is 12.7 Å². The molecule has 0 spiro atoms. The lowest BCUT2D eigenvalue weighted by Gasteiger charge is -2.09. The van der Waals surface area contributed by atoms with Crippen molar-refractivity contribution in [2.24, 2.45) is 0 Å². The minimum absolute atomic E-state index is 0.0597. The molecule has 2 aromatic heterocycles. The van der Waals surface area contributed by atoms with Crippen LogP contribution in [0.4, 0.5) is 0 Å². The van der Waals surface area contributed by atoms with Crippen LogP contribution in [-0.4, -0.2) is 40.3 Å². The van der Waals surface area contributed by atoms with Gasteiger partial charge in [-0.1, -0.05) is 18.2 Å². The average molecular weight is 256 g/mol. The van der Waals surface area contributed by atoms with Crippen molar-refractivity contribution in [3.8, 4) is 0 Å². The van der Waals surface area contributed by atoms with Gasteiger partial charge in [-0.05, 0) is 20.2 Å². The summed E-state index contributed by atoms with van der Waals surface area (Å²) >= 11 is 0. The second kappa shape index (κ2) is 4.51. The molecule has 3 rings (SSSR count). The van der Waals surface area contributed by atoms with E-state index in [-0.39, 0.29) is 5.56 Å². The highest BCUT2D eigenvalue weighted by atomic mass is 16.1. The Kier molecular flexibility index (Phi) is 2.83. The van der Waals surface area contributed by atoms with E-state index in [1.807, 2.05) is 43.3 Å². The molecule has 0 aliphatic rings. The van der Waals surface area contributed by atoms with Crippen molar-refractivity contribution in [2.45, 2.75) is 6.54 Å². The van der Waals surface area contributed by atoms with E-state index in [9.17, 15) is 4.79 Å². The first-order chi connectivity index (χ1) is 9.16. The number of likely N-dealkylation sites (N-methyl/N-ethyl adjacent to an activating group) is 1. The topological polar surface area (TPSA) is 53.9 Å². The minimum Gasteiger partial charge on any atom is -0.350 e. The summed E-state index contributed by atoms with van der Waals surface area (Å²) < 4.78 is 1.51. The molecule has 2 heterocycles. The number of aromatic amines is 1. The van der Waals surface area contributed by atoms with Gasteiger partial charge >= 0.3 is 0 Å². The Morgan fingerprint density at radius 1 is 1.26 bits per heavy atom. The molecule has 0 amide bonds. The highest BCUT2D eigenvalue weighted by Gasteiger charge is 2.09. The molecule has 0 saturated heterocycles. The van der Waals surface area contributed by atoms with Gasteiger partial charge < -0.3 is 9.88 Å². The van der Waals surface area contributed by atoms with Gasteiger partial charge in [-0.2, -0.15) is 5.10 Å². The van der Waals surface area contributed by atoms with Crippen LogP contribution in [0.2, 0.25) is 0 Å². The Balaban J connectivity index is 2.16. The van der Waals surface area contributed by atoms with Crippen LogP contribution >= 0.6 is 0 Å². The standard InChI is InChI=1S/C14H16N4O/c1-17(2)7-8-18-14(19)13-11(9-15-18)10-5-3-4-6-12(10)16-13/h3-6,9,16H,7-8H2,1-2H3. The molecular weight excluding hydrogens is 240 g/mol. The number of aromatic nitrogens is 3. The molecule has 0 bridgehead atoms. The minimum atomic E-state index is -0.0597. The third kappa shape index (κ3) is 2.02. The predicted molar refractivity (Wildman–Crippen MR) is 76.4 cm³/mol. The largest absolute Gasteiger partial charge is 0.350 e. The summed E-state index contributed by atoms with van der Waals surface area (Å²) in [6, 6.07) is 7.89. The third-order valence-corrected chi connectivity index (χ3v) is 3.28. The molecule has 1 aromatic carbocycles. The number of para-hydroxylation sites is 1. The molecule has 0 atom stereocenters. The lowest BCUT2D eigenvalue weighted by Crippen LogP contribution is -2.28. The van der Waals surface area contributed by atoms with E-state index in [4.69, 9.17) is 0 Å². The van der Waals surface area contributed by atoms with E-state index < -0.39 is 0 Å². The number of nitrogens with one attached hydrogen (secondary N) is 1. The number of fused-ring (bicyclic) bond motifs is 3. The second-order valence-corrected chi connectivity index (χ2v) is 4.94. The van der Waals surface area contributed by atoms with Crippen molar-refractivity contribution < 1.29 is 0 Å². The fourth-order valence-electron chi connectivity index (χ4n) is 2.23. The smallest absolute Gasteiger partial charge is 0.291 e. The van der Waals surface area contributed by atoms with Crippen molar-refractivity contribution in [1.82, 2.24) is 19.7 Å². The number of nitrogens with zero attached hydrogens (tertiary/aromatic N) is 3. The summed E-state index contributed by atoms with van der Waals surface area (Å²) in [4.78, 5) is 17.6. The Hall–Kier alpha value is -2.14. The quantitative estimate of drug-likeness (QED) is 0.771. The van der Waals surface area contributed by atoms with E-state index in [0.29, 0.717) is 12.1 Å². The Morgan fingerprint density at radius 2 is 2.05 bits per heavy atom. The zero-order chi connectivity index (χ0) is 13.4. The molecule has 5 nitrogen and oxygen atoms in total. The van der Waals surface area contributed by atoms with E-state index in [0.717, 1.165) is 22.8 Å². The zero-order valence-electron chi connectivity index (χ0n) is 11.1. The maximum Gasteiger partial charge on any atom is 0.291 e. The van der Waals surface area contributed by atoms with Gasteiger partial charge in [-0.25, -0.2) is 4.68 Å². The van der Waals surface area contributed by atoms with Gasteiger partial charge in [0, 0.05) is 22.8 Å². The van der Waals surface area contributed by atoms with Crippen LogP contribution < -0.4 is 5.56 Å². The van der Waals surface area contributed by atoms with E-state index in [1.54, 1.807) is 6.20 Å². The summed E-state index contributed by atoms with van der Waals surface area (Å²) in [6.07, 6.45) is 1.77. The van der Waals surface area contributed by atoms with Crippen LogP contribution in [0.5, 0.6) is 0 Å². The van der Waals surface area contributed by atoms with Crippen LogP contribution in [0.3, 0.4) is 0 Å². The average Bonchev–Trinajstić information content (AvgIpc) is 2.77. The first kappa shape index (κ1) is 11.9. The van der Waals surface area contributed by atoms with Gasteiger partial charge in [0.25, 0.3) is 5.56 Å². The maximum atomic E-state index is 12.4. The molecule has 3 aromatic rings. The van der Waals surface area contributed by atoms with Gasteiger partial charge in [-0.15, -0.1) is 0 Å².